The van der Waals surface area contributed by atoms with Gasteiger partial charge in [-0.25, -0.2) is 8.78 Å². The molecular formula is C18H16F4O3. The number of benzene rings is 2. The minimum Gasteiger partial charge on any atom is -0.493 e. The monoisotopic (exact) mass is 356 g/mol. The Labute approximate surface area is 142 Å². The predicted molar refractivity (Wildman–Crippen MR) is 82.6 cm³/mol. The van der Waals surface area contributed by atoms with Crippen molar-refractivity contribution >= 4 is 5.97 Å². The lowest BCUT2D eigenvalue weighted by molar-refractivity contribution is -0.135. The van der Waals surface area contributed by atoms with Gasteiger partial charge in [0.15, 0.2) is 11.6 Å². The molecule has 0 aliphatic heterocycles. The molecular weight excluding hydrogens is 340 g/mol. The van der Waals surface area contributed by atoms with Gasteiger partial charge in [-0.3, -0.25) is 4.79 Å². The van der Waals surface area contributed by atoms with Crippen LogP contribution in [0, 0.1) is 30.2 Å². The third-order valence-electron chi connectivity index (χ3n) is 3.57. The van der Waals surface area contributed by atoms with Crippen molar-refractivity contribution in [3.05, 3.63) is 58.7 Å². The van der Waals surface area contributed by atoms with Crippen LogP contribution in [0.15, 0.2) is 24.3 Å². The van der Waals surface area contributed by atoms with Gasteiger partial charge in [0.2, 0.25) is 17.4 Å². The molecule has 0 saturated carbocycles. The normalized spacial score (nSPS) is 10.6. The van der Waals surface area contributed by atoms with Crippen LogP contribution in [0.2, 0.25) is 0 Å². The van der Waals surface area contributed by atoms with Gasteiger partial charge in [-0.15, -0.1) is 0 Å². The fourth-order valence-corrected chi connectivity index (χ4v) is 2.05. The molecule has 0 fully saturated rings. The largest absolute Gasteiger partial charge is 0.493 e. The van der Waals surface area contributed by atoms with Crippen molar-refractivity contribution in [1.82, 2.24) is 0 Å². The Kier molecular flexibility index (Phi) is 6.01. The van der Waals surface area contributed by atoms with E-state index in [2.05, 4.69) is 4.74 Å². The van der Waals surface area contributed by atoms with Gasteiger partial charge in [-0.2, -0.15) is 8.78 Å². The van der Waals surface area contributed by atoms with Crippen LogP contribution in [-0.4, -0.2) is 12.6 Å². The first-order chi connectivity index (χ1) is 11.8. The number of hydrogen-bond donors (Lipinski definition) is 0. The van der Waals surface area contributed by atoms with Crippen LogP contribution < -0.4 is 9.47 Å². The molecule has 0 atom stereocenters. The van der Waals surface area contributed by atoms with Gasteiger partial charge < -0.3 is 9.47 Å². The van der Waals surface area contributed by atoms with E-state index in [1.807, 2.05) is 19.1 Å². The summed E-state index contributed by atoms with van der Waals surface area (Å²) in [5.74, 6) is -8.66. The van der Waals surface area contributed by atoms with Gasteiger partial charge in [0.05, 0.1) is 13.0 Å². The maximum Gasteiger partial charge on any atom is 0.314 e. The zero-order chi connectivity index (χ0) is 18.6. The highest BCUT2D eigenvalue weighted by Gasteiger charge is 2.26. The summed E-state index contributed by atoms with van der Waals surface area (Å²) >= 11 is 0. The molecule has 0 heterocycles. The highest BCUT2D eigenvalue weighted by atomic mass is 19.2. The summed E-state index contributed by atoms with van der Waals surface area (Å²) in [4.78, 5) is 11.6. The molecule has 2 aromatic rings. The standard InChI is InChI=1S/C18H16F4O3/c1-3-11-4-6-12(7-5-11)24-9-8-13(23)25-18-16(21)14(19)10(2)15(20)17(18)22/h4-7H,3,8-9H2,1-2H3. The average Bonchev–Trinajstić information content (AvgIpc) is 2.62. The minimum atomic E-state index is -1.75. The second-order valence-corrected chi connectivity index (χ2v) is 5.28. The van der Waals surface area contributed by atoms with Gasteiger partial charge >= 0.3 is 5.97 Å². The molecule has 0 amide bonds. The zero-order valence-electron chi connectivity index (χ0n) is 13.7. The van der Waals surface area contributed by atoms with E-state index in [9.17, 15) is 22.4 Å². The number of esters is 1. The van der Waals surface area contributed by atoms with E-state index in [4.69, 9.17) is 4.74 Å². The zero-order valence-corrected chi connectivity index (χ0v) is 13.7. The van der Waals surface area contributed by atoms with Crippen molar-refractivity contribution in [1.29, 1.82) is 0 Å². The number of ether oxygens (including phenoxy) is 2. The lowest BCUT2D eigenvalue weighted by Gasteiger charge is -2.10. The molecule has 0 saturated heterocycles. The minimum absolute atomic E-state index is 0.121. The van der Waals surface area contributed by atoms with Gasteiger partial charge in [-0.1, -0.05) is 19.1 Å². The Morgan fingerprint density at radius 3 is 2.04 bits per heavy atom. The van der Waals surface area contributed by atoms with Gasteiger partial charge in [0.25, 0.3) is 0 Å². The number of halogens is 4. The molecule has 0 N–H and O–H groups in total. The first-order valence-electron chi connectivity index (χ1n) is 7.60. The molecule has 7 heteroatoms. The Morgan fingerprint density at radius 1 is 0.960 bits per heavy atom. The van der Waals surface area contributed by atoms with E-state index >= 15 is 0 Å². The van der Waals surface area contributed by atoms with Crippen LogP contribution >= 0.6 is 0 Å². The number of carbonyl (C=O) groups is 1. The summed E-state index contributed by atoms with van der Waals surface area (Å²) in [6.45, 7) is 2.76. The lowest BCUT2D eigenvalue weighted by atomic mass is 10.2. The molecule has 0 radical (unpaired) electrons. The van der Waals surface area contributed by atoms with E-state index in [-0.39, 0.29) is 13.0 Å². The van der Waals surface area contributed by atoms with Crippen LogP contribution in [0.25, 0.3) is 0 Å². The molecule has 0 aromatic heterocycles. The first-order valence-corrected chi connectivity index (χ1v) is 7.60. The molecule has 0 bridgehead atoms. The van der Waals surface area contributed by atoms with Gasteiger partial charge in [0, 0.05) is 5.56 Å². The molecule has 0 aliphatic rings. The number of rotatable bonds is 6. The van der Waals surface area contributed by atoms with Crippen LogP contribution in [0.5, 0.6) is 11.5 Å². The second kappa shape index (κ2) is 8.00. The Morgan fingerprint density at radius 2 is 1.52 bits per heavy atom. The summed E-state index contributed by atoms with van der Waals surface area (Å²) in [7, 11) is 0. The first kappa shape index (κ1) is 18.8. The van der Waals surface area contributed by atoms with Crippen molar-refractivity contribution in [2.24, 2.45) is 0 Å². The SMILES string of the molecule is CCc1ccc(OCCC(=O)Oc2c(F)c(F)c(C)c(F)c2F)cc1. The number of hydrogen-bond acceptors (Lipinski definition) is 3. The third-order valence-corrected chi connectivity index (χ3v) is 3.57. The predicted octanol–water partition coefficient (Wildman–Crippen LogP) is 4.49. The quantitative estimate of drug-likeness (QED) is 0.331. The average molecular weight is 356 g/mol. The summed E-state index contributed by atoms with van der Waals surface area (Å²) in [5, 5.41) is 0. The molecule has 0 unspecified atom stereocenters. The molecule has 134 valence electrons. The van der Waals surface area contributed by atoms with Crippen molar-refractivity contribution < 1.29 is 31.8 Å². The lowest BCUT2D eigenvalue weighted by Crippen LogP contribution is -2.16. The molecule has 0 spiro atoms. The number of carbonyl (C=O) groups excluding carboxylic acids is 1. The summed E-state index contributed by atoms with van der Waals surface area (Å²) in [5.41, 5.74) is 0.287. The van der Waals surface area contributed by atoms with Crippen molar-refractivity contribution in [2.75, 3.05) is 6.61 Å². The molecule has 2 rings (SSSR count). The summed E-state index contributed by atoms with van der Waals surface area (Å²) < 4.78 is 63.8. The van der Waals surface area contributed by atoms with Crippen LogP contribution in [-0.2, 0) is 11.2 Å². The highest BCUT2D eigenvalue weighted by molar-refractivity contribution is 5.72. The number of aryl methyl sites for hydroxylation is 1. The van der Waals surface area contributed by atoms with E-state index in [0.717, 1.165) is 18.9 Å². The molecule has 25 heavy (non-hydrogen) atoms. The van der Waals surface area contributed by atoms with Crippen LogP contribution in [0.4, 0.5) is 17.6 Å². The van der Waals surface area contributed by atoms with Gasteiger partial charge in [-0.05, 0) is 31.0 Å². The molecule has 0 aliphatic carbocycles. The van der Waals surface area contributed by atoms with Crippen LogP contribution in [0.1, 0.15) is 24.5 Å². The Hall–Kier alpha value is -2.57. The molecule has 2 aromatic carbocycles. The van der Waals surface area contributed by atoms with E-state index in [1.165, 1.54) is 0 Å². The smallest absolute Gasteiger partial charge is 0.314 e. The maximum absolute atomic E-state index is 13.6. The summed E-state index contributed by atoms with van der Waals surface area (Å²) in [6, 6.07) is 7.15. The van der Waals surface area contributed by atoms with E-state index < -0.39 is 40.6 Å². The van der Waals surface area contributed by atoms with Gasteiger partial charge in [0.1, 0.15) is 5.75 Å². The maximum atomic E-state index is 13.6. The fraction of sp³-hybridized carbons (Fsp3) is 0.278. The third kappa shape index (κ3) is 4.29. The fourth-order valence-electron chi connectivity index (χ4n) is 2.05. The highest BCUT2D eigenvalue weighted by Crippen LogP contribution is 2.29. The summed E-state index contributed by atoms with van der Waals surface area (Å²) in [6.07, 6.45) is 0.513. The van der Waals surface area contributed by atoms with Crippen molar-refractivity contribution in [2.45, 2.75) is 26.7 Å². The Bertz CT molecular complexity index is 744. The van der Waals surface area contributed by atoms with E-state index in [0.29, 0.717) is 5.75 Å². The van der Waals surface area contributed by atoms with Crippen molar-refractivity contribution in [3.63, 3.8) is 0 Å². The topological polar surface area (TPSA) is 35.5 Å². The Balaban J connectivity index is 1.96. The van der Waals surface area contributed by atoms with Crippen LogP contribution in [0.3, 0.4) is 0 Å². The molecule has 3 nitrogen and oxygen atoms in total. The second-order valence-electron chi connectivity index (χ2n) is 5.28. The van der Waals surface area contributed by atoms with E-state index in [1.54, 1.807) is 12.1 Å². The van der Waals surface area contributed by atoms with Crippen molar-refractivity contribution in [3.8, 4) is 11.5 Å².